The molecule has 1 heterocycles. The molecule has 0 aliphatic carbocycles. The van der Waals surface area contributed by atoms with E-state index in [4.69, 9.17) is 22.6 Å². The first-order valence-corrected chi connectivity index (χ1v) is 7.67. The van der Waals surface area contributed by atoms with Crippen LogP contribution in [0.25, 0.3) is 0 Å². The molecule has 1 aromatic heterocycles. The number of aryl methyl sites for hydroxylation is 1. The molecule has 1 aromatic carbocycles. The number of nitrogens with zero attached hydrogens (tertiary/aromatic N) is 3. The Bertz CT molecular complexity index is 823. The molecule has 2 aromatic rings. The standard InChI is InChI=1S/C12H12ClN5O2S/c1-18-12(15)9(6-16-18)7-17-21(19,20)11-4-10(13)3-2-8(11)5-14/h2-4,6,17H,7,15H2,1H3. The number of aromatic nitrogens is 2. The van der Waals surface area contributed by atoms with E-state index in [1.54, 1.807) is 7.05 Å². The molecule has 0 amide bonds. The van der Waals surface area contributed by atoms with Crippen LogP contribution >= 0.6 is 11.6 Å². The number of nitrogens with two attached hydrogens (primary N) is 1. The molecular formula is C12H12ClN5O2S. The Morgan fingerprint density at radius 1 is 1.52 bits per heavy atom. The van der Waals surface area contributed by atoms with E-state index in [2.05, 4.69) is 9.82 Å². The predicted molar refractivity (Wildman–Crippen MR) is 77.8 cm³/mol. The Balaban J connectivity index is 2.29. The number of nitriles is 1. The summed E-state index contributed by atoms with van der Waals surface area (Å²) in [5, 5.41) is 13.1. The first kappa shape index (κ1) is 15.3. The summed E-state index contributed by atoms with van der Waals surface area (Å²) in [5.41, 5.74) is 6.31. The van der Waals surface area contributed by atoms with E-state index in [0.717, 1.165) is 0 Å². The number of anilines is 1. The van der Waals surface area contributed by atoms with Gasteiger partial charge in [0.2, 0.25) is 10.0 Å². The van der Waals surface area contributed by atoms with Crippen molar-refractivity contribution < 1.29 is 8.42 Å². The lowest BCUT2D eigenvalue weighted by atomic mass is 10.2. The molecule has 21 heavy (non-hydrogen) atoms. The van der Waals surface area contributed by atoms with Gasteiger partial charge in [-0.3, -0.25) is 4.68 Å². The van der Waals surface area contributed by atoms with Crippen LogP contribution in [0, 0.1) is 11.3 Å². The van der Waals surface area contributed by atoms with Crippen molar-refractivity contribution in [2.75, 3.05) is 5.73 Å². The largest absolute Gasteiger partial charge is 0.384 e. The van der Waals surface area contributed by atoms with Crippen LogP contribution in [-0.2, 0) is 23.6 Å². The second-order valence-electron chi connectivity index (χ2n) is 4.26. The summed E-state index contributed by atoms with van der Waals surface area (Å²) in [5.74, 6) is 0.365. The third kappa shape index (κ3) is 3.16. The average Bonchev–Trinajstić information content (AvgIpc) is 2.77. The average molecular weight is 326 g/mol. The van der Waals surface area contributed by atoms with Crippen LogP contribution in [0.3, 0.4) is 0 Å². The zero-order chi connectivity index (χ0) is 15.6. The van der Waals surface area contributed by atoms with Gasteiger partial charge in [-0.1, -0.05) is 11.6 Å². The lowest BCUT2D eigenvalue weighted by molar-refractivity contribution is 0.581. The van der Waals surface area contributed by atoms with Crippen molar-refractivity contribution in [2.24, 2.45) is 7.05 Å². The van der Waals surface area contributed by atoms with Crippen LogP contribution in [0.1, 0.15) is 11.1 Å². The molecular weight excluding hydrogens is 314 g/mol. The van der Waals surface area contributed by atoms with Crippen LogP contribution < -0.4 is 10.5 Å². The molecule has 0 aliphatic rings. The van der Waals surface area contributed by atoms with Crippen molar-refractivity contribution in [3.63, 3.8) is 0 Å². The van der Waals surface area contributed by atoms with Crippen molar-refractivity contribution in [2.45, 2.75) is 11.4 Å². The summed E-state index contributed by atoms with van der Waals surface area (Å²) in [6, 6.07) is 5.87. The van der Waals surface area contributed by atoms with E-state index < -0.39 is 10.0 Å². The van der Waals surface area contributed by atoms with Crippen molar-refractivity contribution in [1.29, 1.82) is 5.26 Å². The van der Waals surface area contributed by atoms with Crippen molar-refractivity contribution in [1.82, 2.24) is 14.5 Å². The summed E-state index contributed by atoms with van der Waals surface area (Å²) in [4.78, 5) is -0.167. The van der Waals surface area contributed by atoms with Gasteiger partial charge in [-0.15, -0.1) is 0 Å². The van der Waals surface area contributed by atoms with Gasteiger partial charge in [0.1, 0.15) is 16.8 Å². The molecule has 110 valence electrons. The van der Waals surface area contributed by atoms with Crippen molar-refractivity contribution in [3.05, 3.63) is 40.5 Å². The molecule has 0 aliphatic heterocycles. The van der Waals surface area contributed by atoms with Crippen LogP contribution in [0.4, 0.5) is 5.82 Å². The Morgan fingerprint density at radius 3 is 2.81 bits per heavy atom. The summed E-state index contributed by atoms with van der Waals surface area (Å²) in [7, 11) is -2.23. The molecule has 0 bridgehead atoms. The van der Waals surface area contributed by atoms with E-state index in [0.29, 0.717) is 11.4 Å². The smallest absolute Gasteiger partial charge is 0.242 e. The van der Waals surface area contributed by atoms with Gasteiger partial charge < -0.3 is 5.73 Å². The third-order valence-corrected chi connectivity index (χ3v) is 4.55. The second kappa shape index (κ2) is 5.73. The maximum atomic E-state index is 12.3. The number of benzene rings is 1. The van der Waals surface area contributed by atoms with E-state index in [-0.39, 0.29) is 22.0 Å². The molecule has 7 nitrogen and oxygen atoms in total. The molecule has 2 rings (SSSR count). The molecule has 3 N–H and O–H groups in total. The fourth-order valence-corrected chi connectivity index (χ4v) is 3.11. The normalized spacial score (nSPS) is 11.3. The van der Waals surface area contributed by atoms with Crippen molar-refractivity contribution in [3.8, 4) is 6.07 Å². The third-order valence-electron chi connectivity index (χ3n) is 2.87. The Labute approximate surface area is 127 Å². The highest BCUT2D eigenvalue weighted by molar-refractivity contribution is 7.89. The van der Waals surface area contributed by atoms with E-state index >= 15 is 0 Å². The van der Waals surface area contributed by atoms with E-state index in [1.165, 1.54) is 29.1 Å². The van der Waals surface area contributed by atoms with E-state index in [9.17, 15) is 8.42 Å². The van der Waals surface area contributed by atoms with Gasteiger partial charge in [0.25, 0.3) is 0 Å². The van der Waals surface area contributed by atoms with Crippen LogP contribution in [0.5, 0.6) is 0 Å². The number of sulfonamides is 1. The van der Waals surface area contributed by atoms with Crippen LogP contribution in [-0.4, -0.2) is 18.2 Å². The van der Waals surface area contributed by atoms with Gasteiger partial charge in [0.15, 0.2) is 0 Å². The summed E-state index contributed by atoms with van der Waals surface area (Å²) >= 11 is 5.79. The van der Waals surface area contributed by atoms with Gasteiger partial charge in [0, 0.05) is 24.2 Å². The number of halogens is 1. The summed E-state index contributed by atoms with van der Waals surface area (Å²) < 4.78 is 28.3. The molecule has 0 saturated heterocycles. The van der Waals surface area contributed by atoms with Gasteiger partial charge in [0.05, 0.1) is 11.8 Å². The fraction of sp³-hybridized carbons (Fsp3) is 0.167. The Kier molecular flexibility index (Phi) is 4.18. The molecule has 0 saturated carbocycles. The maximum Gasteiger partial charge on any atom is 0.242 e. The minimum absolute atomic E-state index is 0.0195. The highest BCUT2D eigenvalue weighted by Crippen LogP contribution is 2.20. The fourth-order valence-electron chi connectivity index (χ4n) is 1.69. The minimum Gasteiger partial charge on any atom is -0.384 e. The zero-order valence-electron chi connectivity index (χ0n) is 11.0. The number of nitrogen functional groups attached to an aromatic ring is 1. The zero-order valence-corrected chi connectivity index (χ0v) is 12.6. The topological polar surface area (TPSA) is 114 Å². The quantitative estimate of drug-likeness (QED) is 0.870. The summed E-state index contributed by atoms with van der Waals surface area (Å²) in [6.45, 7) is -0.0284. The van der Waals surface area contributed by atoms with Gasteiger partial charge in [-0.2, -0.15) is 10.4 Å². The monoisotopic (exact) mass is 325 g/mol. The second-order valence-corrected chi connectivity index (χ2v) is 6.43. The molecule has 0 radical (unpaired) electrons. The minimum atomic E-state index is -3.88. The number of nitrogens with one attached hydrogen (secondary N) is 1. The summed E-state index contributed by atoms with van der Waals surface area (Å²) in [6.07, 6.45) is 1.47. The molecule has 9 heteroatoms. The Morgan fingerprint density at radius 2 is 2.24 bits per heavy atom. The highest BCUT2D eigenvalue weighted by atomic mass is 35.5. The molecule has 0 atom stereocenters. The Hall–Kier alpha value is -2.08. The predicted octanol–water partition coefficient (Wildman–Crippen LogP) is 1.01. The number of hydrogen-bond acceptors (Lipinski definition) is 5. The lowest BCUT2D eigenvalue weighted by Gasteiger charge is -2.08. The number of rotatable bonds is 4. The van der Waals surface area contributed by atoms with Crippen molar-refractivity contribution >= 4 is 27.4 Å². The van der Waals surface area contributed by atoms with Gasteiger partial charge >= 0.3 is 0 Å². The lowest BCUT2D eigenvalue weighted by Crippen LogP contribution is -2.24. The van der Waals surface area contributed by atoms with E-state index in [1.807, 2.05) is 6.07 Å². The number of hydrogen-bond donors (Lipinski definition) is 2. The first-order valence-electron chi connectivity index (χ1n) is 5.81. The SMILES string of the molecule is Cn1ncc(CNS(=O)(=O)c2cc(Cl)ccc2C#N)c1N. The molecule has 0 fully saturated rings. The first-order chi connectivity index (χ1) is 9.85. The van der Waals surface area contributed by atoms with Gasteiger partial charge in [-0.25, -0.2) is 13.1 Å². The molecule has 0 spiro atoms. The molecule has 0 unspecified atom stereocenters. The highest BCUT2D eigenvalue weighted by Gasteiger charge is 2.19. The van der Waals surface area contributed by atoms with Crippen LogP contribution in [0.2, 0.25) is 5.02 Å². The van der Waals surface area contributed by atoms with Gasteiger partial charge in [-0.05, 0) is 18.2 Å². The van der Waals surface area contributed by atoms with Crippen LogP contribution in [0.15, 0.2) is 29.3 Å². The maximum absolute atomic E-state index is 12.3.